The fraction of sp³-hybridized carbons (Fsp3) is 0.167. The summed E-state index contributed by atoms with van der Waals surface area (Å²) in [4.78, 5) is 12.9. The molecule has 9 heteroatoms. The Kier molecular flexibility index (Phi) is 4.67. The Balaban J connectivity index is 1.60. The minimum atomic E-state index is -3.62. The number of amides is 1. The predicted molar refractivity (Wildman–Crippen MR) is 105 cm³/mol. The number of carbonyl (C=O) groups excluding carboxylic acids is 1. The molecule has 0 spiro atoms. The lowest BCUT2D eigenvalue weighted by atomic mass is 10.2. The van der Waals surface area contributed by atoms with Crippen LogP contribution in [0.4, 0.5) is 10.1 Å². The molecular formula is C18H14ClFN2O3S2. The first-order chi connectivity index (χ1) is 12.8. The lowest BCUT2D eigenvalue weighted by Crippen LogP contribution is -2.25. The van der Waals surface area contributed by atoms with E-state index in [9.17, 15) is 17.6 Å². The number of carbonyl (C=O) groups is 1. The largest absolute Gasteiger partial charge is 0.321 e. The van der Waals surface area contributed by atoms with Crippen molar-refractivity contribution < 1.29 is 17.6 Å². The fourth-order valence-corrected chi connectivity index (χ4v) is 5.39. The number of sulfonamides is 1. The molecule has 1 saturated carbocycles. The molecule has 0 bridgehead atoms. The van der Waals surface area contributed by atoms with Crippen LogP contribution < -0.4 is 10.0 Å². The lowest BCUT2D eigenvalue weighted by Gasteiger charge is -2.08. The standard InChI is InChI=1S/C18H14ClFN2O3S2/c19-16-14-7-4-10(20)8-15(14)26-17(16)18(23)21-12-2-1-3-13(9-12)27(24,25)22-11-5-6-11/h1-4,7-9,11,22H,5-6H2,(H,21,23). The van der Waals surface area contributed by atoms with E-state index in [1.54, 1.807) is 12.1 Å². The van der Waals surface area contributed by atoms with Gasteiger partial charge in [-0.25, -0.2) is 17.5 Å². The summed E-state index contributed by atoms with van der Waals surface area (Å²) in [5.41, 5.74) is 0.332. The van der Waals surface area contributed by atoms with Crippen LogP contribution in [0.25, 0.3) is 10.1 Å². The van der Waals surface area contributed by atoms with E-state index >= 15 is 0 Å². The fourth-order valence-electron chi connectivity index (χ4n) is 2.60. The molecule has 1 amide bonds. The molecule has 5 nitrogen and oxygen atoms in total. The van der Waals surface area contributed by atoms with Crippen molar-refractivity contribution >= 4 is 54.6 Å². The third-order valence-electron chi connectivity index (χ3n) is 4.10. The molecule has 27 heavy (non-hydrogen) atoms. The van der Waals surface area contributed by atoms with Gasteiger partial charge in [-0.2, -0.15) is 0 Å². The van der Waals surface area contributed by atoms with Crippen LogP contribution >= 0.6 is 22.9 Å². The van der Waals surface area contributed by atoms with Crippen molar-refractivity contribution in [2.45, 2.75) is 23.8 Å². The third-order valence-corrected chi connectivity index (χ3v) is 7.27. The van der Waals surface area contributed by atoms with Crippen LogP contribution in [-0.4, -0.2) is 20.4 Å². The second kappa shape index (κ2) is 6.87. The molecule has 2 aromatic carbocycles. The van der Waals surface area contributed by atoms with Crippen LogP contribution in [0, 0.1) is 5.82 Å². The van der Waals surface area contributed by atoms with E-state index in [4.69, 9.17) is 11.6 Å². The van der Waals surface area contributed by atoms with E-state index < -0.39 is 21.7 Å². The van der Waals surface area contributed by atoms with E-state index in [-0.39, 0.29) is 20.8 Å². The highest BCUT2D eigenvalue weighted by atomic mass is 35.5. The number of halogens is 2. The minimum Gasteiger partial charge on any atom is -0.321 e. The maximum absolute atomic E-state index is 13.4. The molecule has 1 fully saturated rings. The molecule has 0 aliphatic heterocycles. The number of anilines is 1. The molecule has 1 aliphatic carbocycles. The molecule has 3 aromatic rings. The van der Waals surface area contributed by atoms with Crippen molar-refractivity contribution in [2.75, 3.05) is 5.32 Å². The Hall–Kier alpha value is -2.00. The van der Waals surface area contributed by atoms with Gasteiger partial charge in [0.1, 0.15) is 10.7 Å². The van der Waals surface area contributed by atoms with Crippen LogP contribution in [0.1, 0.15) is 22.5 Å². The highest BCUT2D eigenvalue weighted by Crippen LogP contribution is 2.36. The van der Waals surface area contributed by atoms with Gasteiger partial charge < -0.3 is 5.32 Å². The SMILES string of the molecule is O=C(Nc1cccc(S(=O)(=O)NC2CC2)c1)c1sc2cc(F)ccc2c1Cl. The Labute approximate surface area is 164 Å². The van der Waals surface area contributed by atoms with Gasteiger partial charge in [-0.15, -0.1) is 11.3 Å². The Morgan fingerprint density at radius 1 is 1.19 bits per heavy atom. The normalized spacial score (nSPS) is 14.4. The summed E-state index contributed by atoms with van der Waals surface area (Å²) in [6.45, 7) is 0. The number of rotatable bonds is 5. The molecule has 1 aromatic heterocycles. The molecule has 0 atom stereocenters. The average Bonchev–Trinajstić information content (AvgIpc) is 3.36. The molecule has 0 saturated heterocycles. The summed E-state index contributed by atoms with van der Waals surface area (Å²) in [5, 5.41) is 3.49. The summed E-state index contributed by atoms with van der Waals surface area (Å²) < 4.78 is 41.2. The Bertz CT molecular complexity index is 1160. The van der Waals surface area contributed by atoms with Gasteiger partial charge in [0.05, 0.1) is 9.92 Å². The van der Waals surface area contributed by atoms with Crippen LogP contribution in [0.2, 0.25) is 5.02 Å². The Morgan fingerprint density at radius 2 is 1.96 bits per heavy atom. The van der Waals surface area contributed by atoms with Gasteiger partial charge in [0.2, 0.25) is 10.0 Å². The van der Waals surface area contributed by atoms with Gasteiger partial charge in [-0.05, 0) is 49.2 Å². The molecular weight excluding hydrogens is 411 g/mol. The average molecular weight is 425 g/mol. The van der Waals surface area contributed by atoms with Crippen molar-refractivity contribution in [1.82, 2.24) is 4.72 Å². The van der Waals surface area contributed by atoms with Crippen LogP contribution in [0.5, 0.6) is 0 Å². The number of hydrogen-bond acceptors (Lipinski definition) is 4. The van der Waals surface area contributed by atoms with Crippen molar-refractivity contribution in [2.24, 2.45) is 0 Å². The molecule has 140 valence electrons. The van der Waals surface area contributed by atoms with Gasteiger partial charge in [0.15, 0.2) is 0 Å². The first kappa shape index (κ1) is 18.4. The van der Waals surface area contributed by atoms with Gasteiger partial charge in [-0.1, -0.05) is 17.7 Å². The van der Waals surface area contributed by atoms with Crippen LogP contribution in [0.15, 0.2) is 47.4 Å². The second-order valence-corrected chi connectivity index (χ2v) is 9.41. The van der Waals surface area contributed by atoms with Gasteiger partial charge >= 0.3 is 0 Å². The molecule has 0 radical (unpaired) electrons. The van der Waals surface area contributed by atoms with Gasteiger partial charge in [0.25, 0.3) is 5.91 Å². The number of benzene rings is 2. The molecule has 2 N–H and O–H groups in total. The molecule has 0 unspecified atom stereocenters. The maximum atomic E-state index is 13.4. The van der Waals surface area contributed by atoms with E-state index in [2.05, 4.69) is 10.0 Å². The first-order valence-electron chi connectivity index (χ1n) is 8.15. The van der Waals surface area contributed by atoms with Gasteiger partial charge in [-0.3, -0.25) is 4.79 Å². The van der Waals surface area contributed by atoms with E-state index in [0.29, 0.717) is 15.8 Å². The number of hydrogen-bond donors (Lipinski definition) is 2. The molecule has 1 aliphatic rings. The van der Waals surface area contributed by atoms with E-state index in [1.807, 2.05) is 0 Å². The van der Waals surface area contributed by atoms with Crippen LogP contribution in [0.3, 0.4) is 0 Å². The summed E-state index contributed by atoms with van der Waals surface area (Å²) in [6.07, 6.45) is 1.67. The summed E-state index contributed by atoms with van der Waals surface area (Å²) in [5.74, 6) is -0.889. The summed E-state index contributed by atoms with van der Waals surface area (Å²) >= 11 is 7.34. The number of thiophene rings is 1. The number of fused-ring (bicyclic) bond motifs is 1. The maximum Gasteiger partial charge on any atom is 0.267 e. The highest BCUT2D eigenvalue weighted by Gasteiger charge is 2.28. The molecule has 4 rings (SSSR count). The van der Waals surface area contributed by atoms with Crippen molar-refractivity contribution in [3.05, 3.63) is 58.2 Å². The second-order valence-electron chi connectivity index (χ2n) is 6.26. The van der Waals surface area contributed by atoms with Crippen LogP contribution in [-0.2, 0) is 10.0 Å². The van der Waals surface area contributed by atoms with Gasteiger partial charge in [0, 0.05) is 21.8 Å². The quantitative estimate of drug-likeness (QED) is 0.638. The number of nitrogens with one attached hydrogen (secondary N) is 2. The van der Waals surface area contributed by atoms with E-state index in [0.717, 1.165) is 24.2 Å². The van der Waals surface area contributed by atoms with Crippen molar-refractivity contribution in [1.29, 1.82) is 0 Å². The zero-order valence-corrected chi connectivity index (χ0v) is 16.2. The highest BCUT2D eigenvalue weighted by molar-refractivity contribution is 7.89. The smallest absolute Gasteiger partial charge is 0.267 e. The van der Waals surface area contributed by atoms with Crippen molar-refractivity contribution in [3.8, 4) is 0 Å². The topological polar surface area (TPSA) is 75.3 Å². The third kappa shape index (κ3) is 3.84. The van der Waals surface area contributed by atoms with Crippen molar-refractivity contribution in [3.63, 3.8) is 0 Å². The molecule has 1 heterocycles. The summed E-state index contributed by atoms with van der Waals surface area (Å²) in [7, 11) is -3.62. The Morgan fingerprint density at radius 3 is 2.70 bits per heavy atom. The zero-order chi connectivity index (χ0) is 19.2. The minimum absolute atomic E-state index is 0.00834. The first-order valence-corrected chi connectivity index (χ1v) is 10.8. The van der Waals surface area contributed by atoms with E-state index in [1.165, 1.54) is 30.3 Å². The summed E-state index contributed by atoms with van der Waals surface area (Å²) in [6, 6.07) is 10.1. The monoisotopic (exact) mass is 424 g/mol. The predicted octanol–water partition coefficient (Wildman–Crippen LogP) is 4.39. The zero-order valence-electron chi connectivity index (χ0n) is 13.8. The lowest BCUT2D eigenvalue weighted by molar-refractivity contribution is 0.103.